The smallest absolute Gasteiger partial charge is 0.00418 e. The van der Waals surface area contributed by atoms with E-state index in [1.54, 1.807) is 0 Å². The molecule has 124 valence electrons. The topological polar surface area (TPSA) is 26.0 Å². The predicted molar refractivity (Wildman–Crippen MR) is 93.4 cm³/mol. The first-order chi connectivity index (χ1) is 10.5. The van der Waals surface area contributed by atoms with Gasteiger partial charge in [0.15, 0.2) is 0 Å². The van der Waals surface area contributed by atoms with Crippen LogP contribution < -0.4 is 5.73 Å². The van der Waals surface area contributed by atoms with Crippen LogP contribution in [0.25, 0.3) is 0 Å². The second-order valence-electron chi connectivity index (χ2n) is 9.66. The van der Waals surface area contributed by atoms with Gasteiger partial charge in [0, 0.05) is 6.04 Å². The zero-order chi connectivity index (χ0) is 15.5. The normalized spacial score (nSPS) is 57.6. The van der Waals surface area contributed by atoms with Crippen LogP contribution in [0.4, 0.5) is 0 Å². The quantitative estimate of drug-likeness (QED) is 0.665. The van der Waals surface area contributed by atoms with Crippen LogP contribution in [0.15, 0.2) is 12.7 Å². The van der Waals surface area contributed by atoms with Gasteiger partial charge in [0.05, 0.1) is 0 Å². The summed E-state index contributed by atoms with van der Waals surface area (Å²) in [6.07, 6.45) is 15.0. The lowest BCUT2D eigenvalue weighted by Crippen LogP contribution is -2.54. The Morgan fingerprint density at radius 3 is 2.41 bits per heavy atom. The Kier molecular flexibility index (Phi) is 3.53. The van der Waals surface area contributed by atoms with Crippen molar-refractivity contribution < 1.29 is 0 Å². The largest absolute Gasteiger partial charge is 0.328 e. The molecule has 4 aliphatic carbocycles. The highest BCUT2D eigenvalue weighted by Crippen LogP contribution is 2.67. The highest BCUT2D eigenvalue weighted by Gasteiger charge is 2.59. The van der Waals surface area contributed by atoms with Crippen molar-refractivity contribution in [1.29, 1.82) is 0 Å². The van der Waals surface area contributed by atoms with Gasteiger partial charge in [-0.1, -0.05) is 19.9 Å². The molecule has 0 aromatic rings. The average molecular weight is 302 g/mol. The van der Waals surface area contributed by atoms with Crippen LogP contribution in [-0.4, -0.2) is 6.04 Å². The van der Waals surface area contributed by atoms with Crippen molar-refractivity contribution in [3.8, 4) is 0 Å². The summed E-state index contributed by atoms with van der Waals surface area (Å²) in [5.41, 5.74) is 7.47. The minimum absolute atomic E-state index is 0.486. The predicted octanol–water partition coefficient (Wildman–Crippen LogP) is 5.16. The van der Waals surface area contributed by atoms with Gasteiger partial charge in [-0.05, 0) is 98.2 Å². The van der Waals surface area contributed by atoms with Gasteiger partial charge in [-0.3, -0.25) is 0 Å². The zero-order valence-corrected chi connectivity index (χ0v) is 14.7. The molecule has 4 saturated carbocycles. The highest BCUT2D eigenvalue weighted by atomic mass is 14.7. The van der Waals surface area contributed by atoms with E-state index in [4.69, 9.17) is 5.73 Å². The zero-order valence-electron chi connectivity index (χ0n) is 14.7. The van der Waals surface area contributed by atoms with Crippen molar-refractivity contribution in [2.75, 3.05) is 0 Å². The molecule has 8 atom stereocenters. The van der Waals surface area contributed by atoms with E-state index in [1.165, 1.54) is 57.8 Å². The summed E-state index contributed by atoms with van der Waals surface area (Å²) in [6, 6.07) is 0.486. The Morgan fingerprint density at radius 2 is 1.64 bits per heavy atom. The minimum atomic E-state index is 0.486. The molecule has 0 heterocycles. The molecule has 0 radical (unpaired) electrons. The van der Waals surface area contributed by atoms with E-state index in [0.29, 0.717) is 16.9 Å². The van der Waals surface area contributed by atoms with Crippen molar-refractivity contribution in [1.82, 2.24) is 0 Å². The first kappa shape index (κ1) is 15.2. The Labute approximate surface area is 137 Å². The van der Waals surface area contributed by atoms with Crippen LogP contribution in [0.1, 0.15) is 71.6 Å². The average Bonchev–Trinajstić information content (AvgIpc) is 2.84. The molecule has 0 aliphatic heterocycles. The molecular formula is C21H35N. The summed E-state index contributed by atoms with van der Waals surface area (Å²) in [6.45, 7) is 9.39. The maximum absolute atomic E-state index is 6.30. The van der Waals surface area contributed by atoms with E-state index in [1.807, 2.05) is 0 Å². The molecule has 8 unspecified atom stereocenters. The molecule has 0 amide bonds. The standard InChI is InChI=1S/C21H35N/c1-4-14-6-8-18-17-7-5-15-13-16(22)9-11-21(15,3)19(17)10-12-20(14,18)2/h4,14-19H,1,5-13,22H2,2-3H3. The van der Waals surface area contributed by atoms with Gasteiger partial charge < -0.3 is 5.73 Å². The summed E-state index contributed by atoms with van der Waals surface area (Å²) >= 11 is 0. The van der Waals surface area contributed by atoms with Crippen LogP contribution in [0.2, 0.25) is 0 Å². The molecular weight excluding hydrogens is 266 g/mol. The molecule has 0 bridgehead atoms. The molecule has 1 nitrogen and oxygen atoms in total. The second-order valence-corrected chi connectivity index (χ2v) is 9.66. The first-order valence-electron chi connectivity index (χ1n) is 9.87. The monoisotopic (exact) mass is 301 g/mol. The van der Waals surface area contributed by atoms with E-state index in [9.17, 15) is 0 Å². The lowest BCUT2D eigenvalue weighted by molar-refractivity contribution is -0.110. The molecule has 1 heteroatoms. The summed E-state index contributed by atoms with van der Waals surface area (Å²) in [4.78, 5) is 0. The van der Waals surface area contributed by atoms with Crippen molar-refractivity contribution in [2.24, 2.45) is 46.2 Å². The molecule has 22 heavy (non-hydrogen) atoms. The summed E-state index contributed by atoms with van der Waals surface area (Å²) < 4.78 is 0. The van der Waals surface area contributed by atoms with Crippen molar-refractivity contribution in [3.63, 3.8) is 0 Å². The second kappa shape index (κ2) is 5.10. The molecule has 4 aliphatic rings. The van der Waals surface area contributed by atoms with E-state index >= 15 is 0 Å². The van der Waals surface area contributed by atoms with E-state index in [-0.39, 0.29) is 0 Å². The van der Waals surface area contributed by atoms with Crippen molar-refractivity contribution in [3.05, 3.63) is 12.7 Å². The Balaban J connectivity index is 1.62. The van der Waals surface area contributed by atoms with Crippen LogP contribution >= 0.6 is 0 Å². The van der Waals surface area contributed by atoms with Gasteiger partial charge in [-0.15, -0.1) is 6.58 Å². The van der Waals surface area contributed by atoms with Crippen molar-refractivity contribution in [2.45, 2.75) is 77.7 Å². The lowest BCUT2D eigenvalue weighted by Gasteiger charge is -2.61. The maximum Gasteiger partial charge on any atom is 0.00418 e. The van der Waals surface area contributed by atoms with Gasteiger partial charge in [0.25, 0.3) is 0 Å². The van der Waals surface area contributed by atoms with Crippen LogP contribution in [-0.2, 0) is 0 Å². The number of nitrogens with two attached hydrogens (primary N) is 1. The van der Waals surface area contributed by atoms with Crippen LogP contribution in [0.5, 0.6) is 0 Å². The fourth-order valence-corrected chi connectivity index (χ4v) is 7.72. The third-order valence-electron chi connectivity index (χ3n) is 9.06. The highest BCUT2D eigenvalue weighted by molar-refractivity contribution is 5.11. The van der Waals surface area contributed by atoms with Gasteiger partial charge >= 0.3 is 0 Å². The molecule has 0 spiro atoms. The van der Waals surface area contributed by atoms with Gasteiger partial charge in [-0.2, -0.15) is 0 Å². The first-order valence-corrected chi connectivity index (χ1v) is 9.87. The summed E-state index contributed by atoms with van der Waals surface area (Å²) in [5, 5.41) is 0. The van der Waals surface area contributed by atoms with Crippen LogP contribution in [0, 0.1) is 40.4 Å². The van der Waals surface area contributed by atoms with Gasteiger partial charge in [0.2, 0.25) is 0 Å². The van der Waals surface area contributed by atoms with E-state index in [2.05, 4.69) is 26.5 Å². The lowest BCUT2D eigenvalue weighted by atomic mass is 9.44. The summed E-state index contributed by atoms with van der Waals surface area (Å²) in [7, 11) is 0. The number of allylic oxidation sites excluding steroid dienone is 1. The van der Waals surface area contributed by atoms with E-state index < -0.39 is 0 Å². The number of fused-ring (bicyclic) bond motifs is 5. The number of hydrogen-bond donors (Lipinski definition) is 1. The number of rotatable bonds is 1. The molecule has 2 N–H and O–H groups in total. The SMILES string of the molecule is C=CC1CCC2C3CCC4CC(N)CCC4(C)C3CCC12C. The molecule has 4 fully saturated rings. The Hall–Kier alpha value is -0.300. The molecule has 0 aromatic heterocycles. The minimum Gasteiger partial charge on any atom is -0.328 e. The van der Waals surface area contributed by atoms with Gasteiger partial charge in [0.1, 0.15) is 0 Å². The fourth-order valence-electron chi connectivity index (χ4n) is 7.72. The Bertz CT molecular complexity index is 457. The maximum atomic E-state index is 6.30. The molecule has 0 aromatic carbocycles. The van der Waals surface area contributed by atoms with Crippen molar-refractivity contribution >= 4 is 0 Å². The molecule has 0 saturated heterocycles. The molecule has 4 rings (SSSR count). The van der Waals surface area contributed by atoms with Gasteiger partial charge in [-0.25, -0.2) is 0 Å². The third kappa shape index (κ3) is 1.93. The van der Waals surface area contributed by atoms with Crippen LogP contribution in [0.3, 0.4) is 0 Å². The number of hydrogen-bond acceptors (Lipinski definition) is 1. The fraction of sp³-hybridized carbons (Fsp3) is 0.905. The summed E-state index contributed by atoms with van der Waals surface area (Å²) in [5.74, 6) is 4.66. The van der Waals surface area contributed by atoms with E-state index in [0.717, 1.165) is 29.6 Å². The Morgan fingerprint density at radius 1 is 0.909 bits per heavy atom. The third-order valence-corrected chi connectivity index (χ3v) is 9.06.